The van der Waals surface area contributed by atoms with Crippen molar-refractivity contribution in [3.8, 4) is 6.07 Å². The summed E-state index contributed by atoms with van der Waals surface area (Å²) < 4.78 is 7.19. The van der Waals surface area contributed by atoms with Crippen LogP contribution in [0.2, 0.25) is 0 Å². The van der Waals surface area contributed by atoms with Crippen LogP contribution in [-0.4, -0.2) is 33.7 Å². The largest absolute Gasteiger partial charge is 0.449 e. The lowest BCUT2D eigenvalue weighted by atomic mass is 10.0. The minimum atomic E-state index is -0.0541. The molecule has 2 aromatic heterocycles. The second kappa shape index (κ2) is 5.89. The highest BCUT2D eigenvalue weighted by Gasteiger charge is 2.39. The molecule has 2 aromatic rings. The Hall–Kier alpha value is -2.59. The standard InChI is InChI=1S/C16H19N5O2/c1-10-13(9-19-21(10)3)16-14(6-15(22)20(16)2)18-8-12-5-4-11(7-17)23-12/h4-5,9,14,16,18H,6,8H2,1-3H3/t14-,16+/m1/s1. The van der Waals surface area contributed by atoms with E-state index in [-0.39, 0.29) is 18.0 Å². The molecular formula is C16H19N5O2. The fraction of sp³-hybridized carbons (Fsp3) is 0.438. The molecule has 1 aliphatic heterocycles. The van der Waals surface area contributed by atoms with Gasteiger partial charge in [-0.1, -0.05) is 0 Å². The first kappa shape index (κ1) is 15.3. The van der Waals surface area contributed by atoms with Crippen molar-refractivity contribution in [2.75, 3.05) is 7.05 Å². The maximum Gasteiger partial charge on any atom is 0.224 e. The lowest BCUT2D eigenvalue weighted by Gasteiger charge is -2.25. The summed E-state index contributed by atoms with van der Waals surface area (Å²) in [5, 5.41) is 16.5. The number of nitrogens with one attached hydrogen (secondary N) is 1. The van der Waals surface area contributed by atoms with Crippen molar-refractivity contribution in [1.82, 2.24) is 20.0 Å². The summed E-state index contributed by atoms with van der Waals surface area (Å²) in [5.41, 5.74) is 2.10. The Labute approximate surface area is 134 Å². The lowest BCUT2D eigenvalue weighted by Crippen LogP contribution is -2.35. The number of nitriles is 1. The molecule has 120 valence electrons. The highest BCUT2D eigenvalue weighted by molar-refractivity contribution is 5.80. The van der Waals surface area contributed by atoms with Gasteiger partial charge >= 0.3 is 0 Å². The van der Waals surface area contributed by atoms with Gasteiger partial charge in [0.05, 0.1) is 18.8 Å². The van der Waals surface area contributed by atoms with E-state index in [0.29, 0.717) is 24.5 Å². The smallest absolute Gasteiger partial charge is 0.224 e. The number of hydrogen-bond acceptors (Lipinski definition) is 5. The van der Waals surface area contributed by atoms with Crippen LogP contribution in [0.5, 0.6) is 0 Å². The van der Waals surface area contributed by atoms with E-state index in [2.05, 4.69) is 10.4 Å². The van der Waals surface area contributed by atoms with E-state index in [9.17, 15) is 4.79 Å². The Kier molecular flexibility index (Phi) is 3.92. The molecule has 1 fully saturated rings. The lowest BCUT2D eigenvalue weighted by molar-refractivity contribution is -0.127. The highest BCUT2D eigenvalue weighted by atomic mass is 16.3. The third-order valence-electron chi connectivity index (χ3n) is 4.49. The number of aromatic nitrogens is 2. The van der Waals surface area contributed by atoms with Crippen molar-refractivity contribution in [2.45, 2.75) is 32.0 Å². The minimum Gasteiger partial charge on any atom is -0.449 e. The van der Waals surface area contributed by atoms with Gasteiger partial charge in [-0.3, -0.25) is 9.48 Å². The van der Waals surface area contributed by atoms with Crippen LogP contribution in [0.15, 0.2) is 22.7 Å². The van der Waals surface area contributed by atoms with E-state index in [1.165, 1.54) is 0 Å². The molecule has 23 heavy (non-hydrogen) atoms. The SMILES string of the molecule is Cc1c([C@H]2[C@H](NCc3ccc(C#N)o3)CC(=O)N2C)cnn1C. The van der Waals surface area contributed by atoms with Crippen molar-refractivity contribution in [1.29, 1.82) is 5.26 Å². The first-order valence-electron chi connectivity index (χ1n) is 7.47. The van der Waals surface area contributed by atoms with E-state index < -0.39 is 0 Å². The van der Waals surface area contributed by atoms with Crippen LogP contribution in [0.25, 0.3) is 0 Å². The van der Waals surface area contributed by atoms with E-state index >= 15 is 0 Å². The number of hydrogen-bond donors (Lipinski definition) is 1. The van der Waals surface area contributed by atoms with Gasteiger partial charge in [-0.25, -0.2) is 0 Å². The summed E-state index contributed by atoms with van der Waals surface area (Å²) in [7, 11) is 3.71. The quantitative estimate of drug-likeness (QED) is 0.918. The maximum absolute atomic E-state index is 12.1. The Balaban J connectivity index is 1.78. The predicted molar refractivity (Wildman–Crippen MR) is 82.1 cm³/mol. The van der Waals surface area contributed by atoms with Gasteiger partial charge in [0.2, 0.25) is 11.7 Å². The molecule has 1 aliphatic rings. The van der Waals surface area contributed by atoms with E-state index in [1.54, 1.807) is 17.0 Å². The molecular weight excluding hydrogens is 294 g/mol. The third-order valence-corrected chi connectivity index (χ3v) is 4.49. The number of furan rings is 1. The summed E-state index contributed by atoms with van der Waals surface area (Å²) >= 11 is 0. The predicted octanol–water partition coefficient (Wildman–Crippen LogP) is 1.25. The Morgan fingerprint density at radius 2 is 2.26 bits per heavy atom. The number of rotatable bonds is 4. The summed E-state index contributed by atoms with van der Waals surface area (Å²) in [5.74, 6) is 1.08. The Morgan fingerprint density at radius 3 is 2.87 bits per heavy atom. The van der Waals surface area contributed by atoms with E-state index in [4.69, 9.17) is 9.68 Å². The van der Waals surface area contributed by atoms with Crippen LogP contribution < -0.4 is 5.32 Å². The van der Waals surface area contributed by atoms with Gasteiger partial charge in [-0.05, 0) is 19.1 Å². The zero-order valence-electron chi connectivity index (χ0n) is 13.4. The fourth-order valence-corrected chi connectivity index (χ4v) is 3.05. The van der Waals surface area contributed by atoms with Crippen LogP contribution in [0.3, 0.4) is 0 Å². The molecule has 7 heteroatoms. The molecule has 0 unspecified atom stereocenters. The van der Waals surface area contributed by atoms with Crippen molar-refractivity contribution < 1.29 is 9.21 Å². The van der Waals surface area contributed by atoms with Gasteiger partial charge in [0.1, 0.15) is 11.8 Å². The molecule has 0 saturated carbocycles. The van der Waals surface area contributed by atoms with Crippen molar-refractivity contribution >= 4 is 5.91 Å². The number of likely N-dealkylation sites (N-methyl/N-ethyl adjacent to an activating group) is 1. The van der Waals surface area contributed by atoms with Gasteiger partial charge in [0.15, 0.2) is 0 Å². The van der Waals surface area contributed by atoms with E-state index in [1.807, 2.05) is 38.0 Å². The fourth-order valence-electron chi connectivity index (χ4n) is 3.05. The molecule has 0 radical (unpaired) electrons. The number of aryl methyl sites for hydroxylation is 1. The average Bonchev–Trinajstić information content (AvgIpc) is 3.20. The van der Waals surface area contributed by atoms with Crippen LogP contribution in [-0.2, 0) is 18.4 Å². The number of amides is 1. The van der Waals surface area contributed by atoms with Crippen LogP contribution >= 0.6 is 0 Å². The zero-order chi connectivity index (χ0) is 16.6. The number of likely N-dealkylation sites (tertiary alicyclic amines) is 1. The van der Waals surface area contributed by atoms with Gasteiger partial charge in [-0.2, -0.15) is 10.4 Å². The van der Waals surface area contributed by atoms with Gasteiger partial charge in [0.25, 0.3) is 0 Å². The topological polar surface area (TPSA) is 87.1 Å². The first-order chi connectivity index (χ1) is 11.0. The Bertz CT molecular complexity index is 770. The molecule has 1 amide bonds. The average molecular weight is 313 g/mol. The summed E-state index contributed by atoms with van der Waals surface area (Å²) in [6, 6.07) is 5.31. The van der Waals surface area contributed by atoms with Gasteiger partial charge in [0, 0.05) is 37.8 Å². The molecule has 1 saturated heterocycles. The minimum absolute atomic E-state index is 0.0222. The molecule has 1 N–H and O–H groups in total. The van der Waals surface area contributed by atoms with Crippen molar-refractivity contribution in [3.63, 3.8) is 0 Å². The third kappa shape index (κ3) is 2.73. The summed E-state index contributed by atoms with van der Waals surface area (Å²) in [6.45, 7) is 2.48. The number of carbonyl (C=O) groups excluding carboxylic acids is 1. The number of nitrogens with zero attached hydrogens (tertiary/aromatic N) is 4. The van der Waals surface area contributed by atoms with Gasteiger partial charge in [-0.15, -0.1) is 0 Å². The summed E-state index contributed by atoms with van der Waals surface area (Å²) in [6.07, 6.45) is 2.26. The van der Waals surface area contributed by atoms with Crippen LogP contribution in [0.4, 0.5) is 0 Å². The number of carbonyl (C=O) groups is 1. The summed E-state index contributed by atoms with van der Waals surface area (Å²) in [4.78, 5) is 13.9. The molecule has 3 rings (SSSR count). The van der Waals surface area contributed by atoms with Crippen LogP contribution in [0, 0.1) is 18.3 Å². The molecule has 0 aliphatic carbocycles. The van der Waals surface area contributed by atoms with Gasteiger partial charge < -0.3 is 14.6 Å². The molecule has 0 aromatic carbocycles. The normalized spacial score (nSPS) is 21.0. The maximum atomic E-state index is 12.1. The Morgan fingerprint density at radius 1 is 1.48 bits per heavy atom. The molecule has 7 nitrogen and oxygen atoms in total. The van der Waals surface area contributed by atoms with E-state index in [0.717, 1.165) is 11.3 Å². The monoisotopic (exact) mass is 313 g/mol. The van der Waals surface area contributed by atoms with Crippen molar-refractivity contribution in [3.05, 3.63) is 41.1 Å². The zero-order valence-corrected chi connectivity index (χ0v) is 13.4. The first-order valence-corrected chi connectivity index (χ1v) is 7.47. The van der Waals surface area contributed by atoms with Crippen molar-refractivity contribution in [2.24, 2.45) is 7.05 Å². The molecule has 0 spiro atoms. The highest BCUT2D eigenvalue weighted by Crippen LogP contribution is 2.33. The molecule has 2 atom stereocenters. The molecule has 3 heterocycles. The second-order valence-electron chi connectivity index (χ2n) is 5.83. The van der Waals surface area contributed by atoms with Crippen LogP contribution in [0.1, 0.15) is 35.2 Å². The molecule has 0 bridgehead atoms. The second-order valence-corrected chi connectivity index (χ2v) is 5.83.